The molecule has 1 aromatic heterocycles. The average molecular weight is 151 g/mol. The van der Waals surface area contributed by atoms with Crippen molar-refractivity contribution in [2.45, 2.75) is 18.4 Å². The first-order chi connectivity index (χ1) is 5.21. The van der Waals surface area contributed by atoms with Crippen LogP contribution in [0.1, 0.15) is 18.7 Å². The van der Waals surface area contributed by atoms with E-state index < -0.39 is 0 Å². The summed E-state index contributed by atoms with van der Waals surface area (Å²) in [5, 5.41) is 0. The predicted octanol–water partition coefficient (Wildman–Crippen LogP) is -0.282. The molecule has 1 aliphatic carbocycles. The highest BCUT2D eigenvalue weighted by atomic mass is 16.1. The van der Waals surface area contributed by atoms with Gasteiger partial charge in [0.2, 0.25) is 0 Å². The minimum absolute atomic E-state index is 0.133. The smallest absolute Gasteiger partial charge is 0.250 e. The molecular formula is C7H9N3O. The van der Waals surface area contributed by atoms with Gasteiger partial charge >= 0.3 is 0 Å². The largest absolute Gasteiger partial charge is 0.319 e. The summed E-state index contributed by atoms with van der Waals surface area (Å²) in [5.74, 6) is 0.616. The molecule has 4 nitrogen and oxygen atoms in total. The van der Waals surface area contributed by atoms with E-state index >= 15 is 0 Å². The summed E-state index contributed by atoms with van der Waals surface area (Å²) in [7, 11) is 0. The van der Waals surface area contributed by atoms with Crippen LogP contribution in [0.3, 0.4) is 0 Å². The van der Waals surface area contributed by atoms with E-state index in [4.69, 9.17) is 5.73 Å². The van der Waals surface area contributed by atoms with E-state index in [0.717, 1.165) is 12.8 Å². The molecule has 0 atom stereocenters. The molecule has 1 saturated carbocycles. The van der Waals surface area contributed by atoms with Crippen LogP contribution in [0, 0.1) is 0 Å². The molecule has 1 aliphatic rings. The number of H-pyrrole nitrogens is 1. The molecular weight excluding hydrogens is 142 g/mol. The molecule has 0 bridgehead atoms. The lowest BCUT2D eigenvalue weighted by Gasteiger charge is -2.04. The SMILES string of the molecule is NC1(c2nccc(=O)[nH]2)CC1. The van der Waals surface area contributed by atoms with Crippen LogP contribution >= 0.6 is 0 Å². The molecule has 3 N–H and O–H groups in total. The number of hydrogen-bond acceptors (Lipinski definition) is 3. The van der Waals surface area contributed by atoms with Crippen molar-refractivity contribution >= 4 is 0 Å². The van der Waals surface area contributed by atoms with Crippen molar-refractivity contribution in [1.82, 2.24) is 9.97 Å². The Bertz CT molecular complexity index is 326. The zero-order valence-electron chi connectivity index (χ0n) is 6.00. The Kier molecular flexibility index (Phi) is 1.14. The summed E-state index contributed by atoms with van der Waals surface area (Å²) in [6.45, 7) is 0. The maximum atomic E-state index is 10.8. The van der Waals surface area contributed by atoms with E-state index in [2.05, 4.69) is 9.97 Å². The van der Waals surface area contributed by atoms with Crippen LogP contribution in [0.5, 0.6) is 0 Å². The molecule has 0 unspecified atom stereocenters. The number of nitrogens with one attached hydrogen (secondary N) is 1. The zero-order valence-corrected chi connectivity index (χ0v) is 6.00. The quantitative estimate of drug-likeness (QED) is 0.579. The molecule has 58 valence electrons. The van der Waals surface area contributed by atoms with Gasteiger partial charge in [0.15, 0.2) is 0 Å². The maximum Gasteiger partial charge on any atom is 0.250 e. The van der Waals surface area contributed by atoms with Gasteiger partial charge in [-0.1, -0.05) is 0 Å². The van der Waals surface area contributed by atoms with Crippen molar-refractivity contribution in [3.8, 4) is 0 Å². The second kappa shape index (κ2) is 1.92. The van der Waals surface area contributed by atoms with Gasteiger partial charge in [-0.05, 0) is 12.8 Å². The molecule has 1 fully saturated rings. The molecule has 0 radical (unpaired) electrons. The van der Waals surface area contributed by atoms with Crippen LogP contribution in [0.4, 0.5) is 0 Å². The Labute approximate surface area is 63.5 Å². The lowest BCUT2D eigenvalue weighted by molar-refractivity contribution is 0.667. The number of nitrogens with zero attached hydrogens (tertiary/aromatic N) is 1. The van der Waals surface area contributed by atoms with Crippen molar-refractivity contribution in [2.75, 3.05) is 0 Å². The van der Waals surface area contributed by atoms with Crippen LogP contribution in [0.15, 0.2) is 17.1 Å². The molecule has 1 aromatic rings. The standard InChI is InChI=1S/C7H9N3O/c8-7(2-3-7)6-9-4-1-5(11)10-6/h1,4H,2-3,8H2,(H,9,10,11). The summed E-state index contributed by atoms with van der Waals surface area (Å²) in [6, 6.07) is 1.38. The fourth-order valence-corrected chi connectivity index (χ4v) is 0.995. The molecule has 2 rings (SSSR count). The summed E-state index contributed by atoms with van der Waals surface area (Å²) in [6.07, 6.45) is 3.32. The Morgan fingerprint density at radius 2 is 2.36 bits per heavy atom. The Morgan fingerprint density at radius 1 is 1.64 bits per heavy atom. The predicted molar refractivity (Wildman–Crippen MR) is 40.0 cm³/mol. The average Bonchev–Trinajstić information content (AvgIpc) is 2.70. The van der Waals surface area contributed by atoms with E-state index in [1.165, 1.54) is 12.3 Å². The Hall–Kier alpha value is -1.16. The normalized spacial score (nSPS) is 19.7. The van der Waals surface area contributed by atoms with Gasteiger partial charge in [0.05, 0.1) is 5.54 Å². The Morgan fingerprint density at radius 3 is 2.91 bits per heavy atom. The van der Waals surface area contributed by atoms with Crippen LogP contribution in [0.25, 0.3) is 0 Å². The van der Waals surface area contributed by atoms with Crippen LogP contribution in [-0.2, 0) is 5.54 Å². The van der Waals surface area contributed by atoms with Crippen molar-refractivity contribution in [3.05, 3.63) is 28.4 Å². The topological polar surface area (TPSA) is 71.8 Å². The second-order valence-corrected chi connectivity index (χ2v) is 2.94. The van der Waals surface area contributed by atoms with E-state index in [9.17, 15) is 4.79 Å². The lowest BCUT2D eigenvalue weighted by Crippen LogP contribution is -2.25. The summed E-state index contributed by atoms with van der Waals surface area (Å²) in [4.78, 5) is 17.4. The van der Waals surface area contributed by atoms with Gasteiger partial charge in [0.25, 0.3) is 5.56 Å². The first kappa shape index (κ1) is 6.54. The third-order valence-corrected chi connectivity index (χ3v) is 1.93. The second-order valence-electron chi connectivity index (χ2n) is 2.94. The maximum absolute atomic E-state index is 10.8. The van der Waals surface area contributed by atoms with Crippen molar-refractivity contribution < 1.29 is 0 Å². The fraction of sp³-hybridized carbons (Fsp3) is 0.429. The monoisotopic (exact) mass is 151 g/mol. The van der Waals surface area contributed by atoms with Crippen molar-refractivity contribution in [3.63, 3.8) is 0 Å². The van der Waals surface area contributed by atoms with Gasteiger partial charge in [-0.3, -0.25) is 4.79 Å². The molecule has 1 heterocycles. The van der Waals surface area contributed by atoms with Gasteiger partial charge in [0.1, 0.15) is 5.82 Å². The third kappa shape index (κ3) is 1.05. The summed E-state index contributed by atoms with van der Waals surface area (Å²) in [5.41, 5.74) is 5.34. The van der Waals surface area contributed by atoms with Gasteiger partial charge in [-0.15, -0.1) is 0 Å². The first-order valence-corrected chi connectivity index (χ1v) is 3.55. The van der Waals surface area contributed by atoms with Gasteiger partial charge in [-0.2, -0.15) is 0 Å². The van der Waals surface area contributed by atoms with Gasteiger partial charge in [0, 0.05) is 12.3 Å². The number of aromatic nitrogens is 2. The molecule has 0 amide bonds. The van der Waals surface area contributed by atoms with Crippen molar-refractivity contribution in [2.24, 2.45) is 5.73 Å². The van der Waals surface area contributed by atoms with Crippen molar-refractivity contribution in [1.29, 1.82) is 0 Å². The van der Waals surface area contributed by atoms with E-state index in [1.54, 1.807) is 0 Å². The molecule has 0 aliphatic heterocycles. The summed E-state index contributed by atoms with van der Waals surface area (Å²) >= 11 is 0. The number of rotatable bonds is 1. The highest BCUT2D eigenvalue weighted by Crippen LogP contribution is 2.39. The fourth-order valence-electron chi connectivity index (χ4n) is 0.995. The van der Waals surface area contributed by atoms with Crippen LogP contribution in [0.2, 0.25) is 0 Å². The summed E-state index contributed by atoms with van der Waals surface area (Å²) < 4.78 is 0. The van der Waals surface area contributed by atoms with Crippen LogP contribution in [-0.4, -0.2) is 9.97 Å². The molecule has 0 saturated heterocycles. The molecule has 0 aromatic carbocycles. The number of nitrogens with two attached hydrogens (primary N) is 1. The Balaban J connectivity index is 2.46. The molecule has 4 heteroatoms. The third-order valence-electron chi connectivity index (χ3n) is 1.93. The lowest BCUT2D eigenvalue weighted by atomic mass is 10.3. The highest BCUT2D eigenvalue weighted by molar-refractivity contribution is 5.13. The highest BCUT2D eigenvalue weighted by Gasteiger charge is 2.42. The first-order valence-electron chi connectivity index (χ1n) is 3.55. The van der Waals surface area contributed by atoms with E-state index in [0.29, 0.717) is 5.82 Å². The zero-order chi connectivity index (χ0) is 7.90. The van der Waals surface area contributed by atoms with Crippen LogP contribution < -0.4 is 11.3 Å². The van der Waals surface area contributed by atoms with Gasteiger partial charge in [-0.25, -0.2) is 4.98 Å². The molecule has 11 heavy (non-hydrogen) atoms. The number of aromatic amines is 1. The number of hydrogen-bond donors (Lipinski definition) is 2. The van der Waals surface area contributed by atoms with Gasteiger partial charge < -0.3 is 10.7 Å². The van der Waals surface area contributed by atoms with E-state index in [-0.39, 0.29) is 11.1 Å². The minimum atomic E-state index is -0.333. The minimum Gasteiger partial charge on any atom is -0.319 e. The van der Waals surface area contributed by atoms with E-state index in [1.807, 2.05) is 0 Å². The molecule has 0 spiro atoms.